The molecule has 0 spiro atoms. The summed E-state index contributed by atoms with van der Waals surface area (Å²) < 4.78 is 11.4. The molecule has 0 radical (unpaired) electrons. The van der Waals surface area contributed by atoms with Crippen molar-refractivity contribution in [2.24, 2.45) is 11.7 Å². The predicted octanol–water partition coefficient (Wildman–Crippen LogP) is 2.90. The van der Waals surface area contributed by atoms with Crippen molar-refractivity contribution >= 4 is 0 Å². The van der Waals surface area contributed by atoms with E-state index in [0.717, 1.165) is 37.4 Å². The summed E-state index contributed by atoms with van der Waals surface area (Å²) in [4.78, 5) is 0. The van der Waals surface area contributed by atoms with Gasteiger partial charge in [-0.2, -0.15) is 0 Å². The highest BCUT2D eigenvalue weighted by atomic mass is 16.5. The molecule has 1 aliphatic heterocycles. The minimum atomic E-state index is 0.000231. The summed E-state index contributed by atoms with van der Waals surface area (Å²) in [7, 11) is 0. The Labute approximate surface area is 109 Å². The van der Waals surface area contributed by atoms with Crippen LogP contribution in [0.1, 0.15) is 38.3 Å². The van der Waals surface area contributed by atoms with Crippen LogP contribution in [-0.2, 0) is 4.74 Å². The minimum absolute atomic E-state index is 0.000231. The molecule has 1 fully saturated rings. The van der Waals surface area contributed by atoms with Gasteiger partial charge in [-0.25, -0.2) is 0 Å². The molecule has 0 saturated carbocycles. The highest BCUT2D eigenvalue weighted by Crippen LogP contribution is 2.32. The average Bonchev–Trinajstić information content (AvgIpc) is 2.39. The molecule has 1 aromatic rings. The highest BCUT2D eigenvalue weighted by molar-refractivity contribution is 5.36. The van der Waals surface area contributed by atoms with E-state index < -0.39 is 0 Å². The summed E-state index contributed by atoms with van der Waals surface area (Å²) in [6.07, 6.45) is 2.41. The molecule has 0 aromatic heterocycles. The maximum atomic E-state index is 6.39. The normalized spacial score (nSPS) is 21.9. The van der Waals surface area contributed by atoms with Crippen molar-refractivity contribution in [2.75, 3.05) is 13.2 Å². The molecule has 2 rings (SSSR count). The van der Waals surface area contributed by atoms with Gasteiger partial charge in [-0.3, -0.25) is 0 Å². The standard InChI is InChI=1S/C15H23NO2/c1-11(2)18-14-8-4-3-7-13(14)15(16)12-6-5-9-17-10-12/h3-4,7-8,11-12,15H,5-6,9-10,16H2,1-2H3. The van der Waals surface area contributed by atoms with Crippen molar-refractivity contribution in [1.29, 1.82) is 0 Å². The molecular weight excluding hydrogens is 226 g/mol. The molecule has 1 saturated heterocycles. The molecule has 1 heterocycles. The lowest BCUT2D eigenvalue weighted by Crippen LogP contribution is -2.29. The maximum Gasteiger partial charge on any atom is 0.124 e. The molecule has 1 aliphatic rings. The summed E-state index contributed by atoms with van der Waals surface area (Å²) in [5, 5.41) is 0. The van der Waals surface area contributed by atoms with E-state index in [1.807, 2.05) is 32.0 Å². The van der Waals surface area contributed by atoms with E-state index in [4.69, 9.17) is 15.2 Å². The van der Waals surface area contributed by atoms with Crippen LogP contribution in [0.5, 0.6) is 5.75 Å². The SMILES string of the molecule is CC(C)Oc1ccccc1C(N)C1CCCOC1. The van der Waals surface area contributed by atoms with Crippen LogP contribution in [0.25, 0.3) is 0 Å². The maximum absolute atomic E-state index is 6.39. The third-order valence-corrected chi connectivity index (χ3v) is 3.34. The van der Waals surface area contributed by atoms with E-state index in [-0.39, 0.29) is 12.1 Å². The topological polar surface area (TPSA) is 44.5 Å². The van der Waals surface area contributed by atoms with E-state index in [1.54, 1.807) is 0 Å². The first-order chi connectivity index (χ1) is 8.68. The lowest BCUT2D eigenvalue weighted by Gasteiger charge is -2.29. The van der Waals surface area contributed by atoms with Gasteiger partial charge in [0.25, 0.3) is 0 Å². The molecular formula is C15H23NO2. The van der Waals surface area contributed by atoms with E-state index in [1.165, 1.54) is 0 Å². The van der Waals surface area contributed by atoms with Crippen molar-refractivity contribution in [1.82, 2.24) is 0 Å². The van der Waals surface area contributed by atoms with Crippen LogP contribution >= 0.6 is 0 Å². The Morgan fingerprint density at radius 3 is 2.78 bits per heavy atom. The second kappa shape index (κ2) is 6.21. The number of para-hydroxylation sites is 1. The number of hydrogen-bond acceptors (Lipinski definition) is 3. The Bertz CT molecular complexity index is 373. The highest BCUT2D eigenvalue weighted by Gasteiger charge is 2.24. The van der Waals surface area contributed by atoms with Crippen LogP contribution in [0.15, 0.2) is 24.3 Å². The number of nitrogens with two attached hydrogens (primary N) is 1. The van der Waals surface area contributed by atoms with Gasteiger partial charge >= 0.3 is 0 Å². The molecule has 1 aromatic carbocycles. The monoisotopic (exact) mass is 249 g/mol. The zero-order valence-corrected chi connectivity index (χ0v) is 11.3. The van der Waals surface area contributed by atoms with Crippen molar-refractivity contribution in [3.05, 3.63) is 29.8 Å². The number of ether oxygens (including phenoxy) is 2. The lowest BCUT2D eigenvalue weighted by molar-refractivity contribution is 0.0442. The van der Waals surface area contributed by atoms with Gasteiger partial charge in [0, 0.05) is 24.1 Å². The zero-order valence-electron chi connectivity index (χ0n) is 11.3. The first kappa shape index (κ1) is 13.4. The second-order valence-electron chi connectivity index (χ2n) is 5.21. The third-order valence-electron chi connectivity index (χ3n) is 3.34. The van der Waals surface area contributed by atoms with E-state index in [2.05, 4.69) is 6.07 Å². The third kappa shape index (κ3) is 3.24. The van der Waals surface area contributed by atoms with Crippen molar-refractivity contribution in [2.45, 2.75) is 38.8 Å². The summed E-state index contributed by atoms with van der Waals surface area (Å²) in [6, 6.07) is 8.08. The molecule has 0 aliphatic carbocycles. The van der Waals surface area contributed by atoms with Gasteiger partial charge in [-0.15, -0.1) is 0 Å². The summed E-state index contributed by atoms with van der Waals surface area (Å²) in [6.45, 7) is 5.70. The Morgan fingerprint density at radius 2 is 2.11 bits per heavy atom. The van der Waals surface area contributed by atoms with Crippen LogP contribution in [0.3, 0.4) is 0 Å². The van der Waals surface area contributed by atoms with Crippen LogP contribution in [-0.4, -0.2) is 19.3 Å². The van der Waals surface area contributed by atoms with Gasteiger partial charge < -0.3 is 15.2 Å². The molecule has 0 bridgehead atoms. The van der Waals surface area contributed by atoms with Gasteiger partial charge in [0.2, 0.25) is 0 Å². The van der Waals surface area contributed by atoms with Crippen LogP contribution in [0, 0.1) is 5.92 Å². The largest absolute Gasteiger partial charge is 0.491 e. The quantitative estimate of drug-likeness (QED) is 0.892. The smallest absolute Gasteiger partial charge is 0.124 e. The molecule has 3 heteroatoms. The number of rotatable bonds is 4. The van der Waals surface area contributed by atoms with Gasteiger partial charge in [0.1, 0.15) is 5.75 Å². The Morgan fingerprint density at radius 1 is 1.33 bits per heavy atom. The average molecular weight is 249 g/mol. The van der Waals surface area contributed by atoms with Crippen molar-refractivity contribution in [3.8, 4) is 5.75 Å². The van der Waals surface area contributed by atoms with E-state index in [9.17, 15) is 0 Å². The molecule has 3 nitrogen and oxygen atoms in total. The van der Waals surface area contributed by atoms with Gasteiger partial charge in [0.05, 0.1) is 12.7 Å². The first-order valence-electron chi connectivity index (χ1n) is 6.77. The molecule has 2 N–H and O–H groups in total. The fourth-order valence-electron chi connectivity index (χ4n) is 2.42. The number of benzene rings is 1. The first-order valence-corrected chi connectivity index (χ1v) is 6.77. The van der Waals surface area contributed by atoms with Crippen molar-refractivity contribution < 1.29 is 9.47 Å². The number of hydrogen-bond donors (Lipinski definition) is 1. The molecule has 2 unspecified atom stereocenters. The Balaban J connectivity index is 2.15. The van der Waals surface area contributed by atoms with Gasteiger partial charge in [0.15, 0.2) is 0 Å². The molecule has 18 heavy (non-hydrogen) atoms. The van der Waals surface area contributed by atoms with Crippen LogP contribution in [0.4, 0.5) is 0 Å². The van der Waals surface area contributed by atoms with E-state index >= 15 is 0 Å². The Hall–Kier alpha value is -1.06. The van der Waals surface area contributed by atoms with Crippen LogP contribution in [0.2, 0.25) is 0 Å². The van der Waals surface area contributed by atoms with Crippen molar-refractivity contribution in [3.63, 3.8) is 0 Å². The lowest BCUT2D eigenvalue weighted by atomic mass is 9.89. The van der Waals surface area contributed by atoms with E-state index in [0.29, 0.717) is 5.92 Å². The summed E-state index contributed by atoms with van der Waals surface area (Å²) in [5.74, 6) is 1.31. The van der Waals surface area contributed by atoms with Gasteiger partial charge in [-0.05, 0) is 32.8 Å². The van der Waals surface area contributed by atoms with Gasteiger partial charge in [-0.1, -0.05) is 18.2 Å². The summed E-state index contributed by atoms with van der Waals surface area (Å²) in [5.41, 5.74) is 7.49. The Kier molecular flexibility index (Phi) is 4.61. The molecule has 0 amide bonds. The predicted molar refractivity (Wildman–Crippen MR) is 72.7 cm³/mol. The fraction of sp³-hybridized carbons (Fsp3) is 0.600. The molecule has 100 valence electrons. The summed E-state index contributed by atoms with van der Waals surface area (Å²) >= 11 is 0. The zero-order chi connectivity index (χ0) is 13.0. The molecule has 2 atom stereocenters. The second-order valence-corrected chi connectivity index (χ2v) is 5.21. The fourth-order valence-corrected chi connectivity index (χ4v) is 2.42. The minimum Gasteiger partial charge on any atom is -0.491 e. The van der Waals surface area contributed by atoms with Crippen LogP contribution < -0.4 is 10.5 Å².